The SMILES string of the molecule is Cc1nc(SCC(=O)N2CCc3ccccc32)n(C2CCCC2)c1C. The van der Waals surface area contributed by atoms with Crippen molar-refractivity contribution < 1.29 is 4.79 Å². The topological polar surface area (TPSA) is 38.1 Å². The molecular weight excluding hydrogens is 330 g/mol. The van der Waals surface area contributed by atoms with E-state index in [2.05, 4.69) is 30.5 Å². The Morgan fingerprint density at radius 3 is 2.80 bits per heavy atom. The van der Waals surface area contributed by atoms with Crippen LogP contribution >= 0.6 is 11.8 Å². The van der Waals surface area contributed by atoms with Gasteiger partial charge in [-0.3, -0.25) is 4.79 Å². The molecular formula is C20H25N3OS. The fraction of sp³-hybridized carbons (Fsp3) is 0.500. The third-order valence-electron chi connectivity index (χ3n) is 5.56. The number of nitrogens with zero attached hydrogens (tertiary/aromatic N) is 3. The van der Waals surface area contributed by atoms with Crippen molar-refractivity contribution in [1.29, 1.82) is 0 Å². The van der Waals surface area contributed by atoms with Crippen LogP contribution < -0.4 is 4.90 Å². The van der Waals surface area contributed by atoms with Gasteiger partial charge in [-0.25, -0.2) is 4.98 Å². The van der Waals surface area contributed by atoms with Gasteiger partial charge in [0.05, 0.1) is 11.4 Å². The normalized spacial score (nSPS) is 17.3. The number of fused-ring (bicyclic) bond motifs is 1. The Hall–Kier alpha value is -1.75. The highest BCUT2D eigenvalue weighted by Crippen LogP contribution is 2.36. The van der Waals surface area contributed by atoms with Gasteiger partial charge in [0.2, 0.25) is 5.91 Å². The number of hydrogen-bond donors (Lipinski definition) is 0. The third kappa shape index (κ3) is 3.10. The summed E-state index contributed by atoms with van der Waals surface area (Å²) in [7, 11) is 0. The van der Waals surface area contributed by atoms with Gasteiger partial charge in [0.1, 0.15) is 0 Å². The molecule has 0 saturated heterocycles. The van der Waals surface area contributed by atoms with Crippen LogP contribution in [0.25, 0.3) is 0 Å². The molecule has 0 N–H and O–H groups in total. The molecule has 4 nitrogen and oxygen atoms in total. The Labute approximate surface area is 153 Å². The molecule has 1 aliphatic carbocycles. The number of benzene rings is 1. The largest absolute Gasteiger partial charge is 0.320 e. The van der Waals surface area contributed by atoms with Crippen molar-refractivity contribution >= 4 is 23.4 Å². The predicted molar refractivity (Wildman–Crippen MR) is 102 cm³/mol. The second kappa shape index (κ2) is 6.87. The number of rotatable bonds is 4. The van der Waals surface area contributed by atoms with Gasteiger partial charge >= 0.3 is 0 Å². The van der Waals surface area contributed by atoms with Gasteiger partial charge in [-0.15, -0.1) is 0 Å². The Kier molecular flexibility index (Phi) is 4.59. The molecule has 1 aromatic carbocycles. The van der Waals surface area contributed by atoms with Crippen LogP contribution in [0.5, 0.6) is 0 Å². The number of thioether (sulfide) groups is 1. The molecule has 0 bridgehead atoms. The number of amides is 1. The Balaban J connectivity index is 1.49. The van der Waals surface area contributed by atoms with E-state index in [1.165, 1.54) is 36.9 Å². The standard InChI is InChI=1S/C20H25N3OS/c1-14-15(2)23(17-8-4-5-9-17)20(21-14)25-13-19(24)22-12-11-16-7-3-6-10-18(16)22/h3,6-7,10,17H,4-5,8-9,11-13H2,1-2H3. The fourth-order valence-corrected chi connectivity index (χ4v) is 5.13. The molecule has 0 atom stereocenters. The van der Waals surface area contributed by atoms with Crippen LogP contribution in [0, 0.1) is 13.8 Å². The van der Waals surface area contributed by atoms with Crippen LogP contribution in [0.15, 0.2) is 29.4 Å². The summed E-state index contributed by atoms with van der Waals surface area (Å²) in [6, 6.07) is 8.79. The van der Waals surface area contributed by atoms with Crippen LogP contribution in [0.3, 0.4) is 0 Å². The molecule has 2 aromatic rings. The smallest absolute Gasteiger partial charge is 0.237 e. The molecule has 25 heavy (non-hydrogen) atoms. The van der Waals surface area contributed by atoms with E-state index in [0.29, 0.717) is 11.8 Å². The van der Waals surface area contributed by atoms with E-state index in [9.17, 15) is 4.79 Å². The van der Waals surface area contributed by atoms with Crippen molar-refractivity contribution in [2.24, 2.45) is 0 Å². The maximum absolute atomic E-state index is 12.8. The van der Waals surface area contributed by atoms with Gasteiger partial charge in [0.25, 0.3) is 0 Å². The molecule has 1 aromatic heterocycles. The number of aryl methyl sites for hydroxylation is 1. The lowest BCUT2D eigenvalue weighted by Gasteiger charge is -2.19. The van der Waals surface area contributed by atoms with E-state index >= 15 is 0 Å². The van der Waals surface area contributed by atoms with E-state index in [1.807, 2.05) is 17.0 Å². The lowest BCUT2D eigenvalue weighted by atomic mass is 10.2. The Bertz CT molecular complexity index is 792. The number of anilines is 1. The Morgan fingerprint density at radius 1 is 1.24 bits per heavy atom. The quantitative estimate of drug-likeness (QED) is 0.768. The first-order valence-electron chi connectivity index (χ1n) is 9.21. The monoisotopic (exact) mass is 355 g/mol. The zero-order chi connectivity index (χ0) is 17.4. The van der Waals surface area contributed by atoms with Crippen LogP contribution in [-0.2, 0) is 11.2 Å². The van der Waals surface area contributed by atoms with Crippen LogP contribution in [-0.4, -0.2) is 27.8 Å². The summed E-state index contributed by atoms with van der Waals surface area (Å²) in [4.78, 5) is 19.5. The van der Waals surface area contributed by atoms with Crippen molar-refractivity contribution in [3.8, 4) is 0 Å². The maximum atomic E-state index is 12.8. The predicted octanol–water partition coefficient (Wildman–Crippen LogP) is 4.30. The summed E-state index contributed by atoms with van der Waals surface area (Å²) in [5, 5.41) is 1.02. The number of carbonyl (C=O) groups excluding carboxylic acids is 1. The van der Waals surface area contributed by atoms with Crippen LogP contribution in [0.2, 0.25) is 0 Å². The first kappa shape index (κ1) is 16.7. The van der Waals surface area contributed by atoms with Crippen molar-refractivity contribution in [3.63, 3.8) is 0 Å². The minimum absolute atomic E-state index is 0.186. The second-order valence-electron chi connectivity index (χ2n) is 7.09. The first-order chi connectivity index (χ1) is 12.1. The van der Waals surface area contributed by atoms with Crippen molar-refractivity contribution in [3.05, 3.63) is 41.2 Å². The van der Waals surface area contributed by atoms with E-state index in [-0.39, 0.29) is 5.91 Å². The molecule has 2 aliphatic rings. The molecule has 0 spiro atoms. The lowest BCUT2D eigenvalue weighted by Crippen LogP contribution is -2.30. The minimum atomic E-state index is 0.186. The lowest BCUT2D eigenvalue weighted by molar-refractivity contribution is -0.116. The fourth-order valence-electron chi connectivity index (χ4n) is 4.09. The number of para-hydroxylation sites is 1. The van der Waals surface area contributed by atoms with E-state index < -0.39 is 0 Å². The summed E-state index contributed by atoms with van der Waals surface area (Å²) >= 11 is 1.60. The van der Waals surface area contributed by atoms with Gasteiger partial charge in [0.15, 0.2) is 5.16 Å². The number of imidazole rings is 1. The average molecular weight is 356 g/mol. The van der Waals surface area contributed by atoms with Crippen molar-refractivity contribution in [1.82, 2.24) is 9.55 Å². The average Bonchev–Trinajstić information content (AvgIpc) is 3.33. The minimum Gasteiger partial charge on any atom is -0.320 e. The molecule has 2 heterocycles. The molecule has 0 unspecified atom stereocenters. The van der Waals surface area contributed by atoms with Crippen molar-refractivity contribution in [2.45, 2.75) is 57.1 Å². The molecule has 1 amide bonds. The number of carbonyl (C=O) groups is 1. The summed E-state index contributed by atoms with van der Waals surface area (Å²) in [6.45, 7) is 5.03. The van der Waals surface area contributed by atoms with Gasteiger partial charge < -0.3 is 9.47 Å². The van der Waals surface area contributed by atoms with Crippen LogP contribution in [0.4, 0.5) is 5.69 Å². The second-order valence-corrected chi connectivity index (χ2v) is 8.03. The highest BCUT2D eigenvalue weighted by Gasteiger charge is 2.26. The van der Waals surface area contributed by atoms with E-state index in [0.717, 1.165) is 29.5 Å². The van der Waals surface area contributed by atoms with Gasteiger partial charge in [-0.05, 0) is 44.7 Å². The molecule has 0 radical (unpaired) electrons. The highest BCUT2D eigenvalue weighted by atomic mass is 32.2. The van der Waals surface area contributed by atoms with Gasteiger partial charge in [0, 0.05) is 24.0 Å². The van der Waals surface area contributed by atoms with Gasteiger partial charge in [-0.2, -0.15) is 0 Å². The molecule has 1 aliphatic heterocycles. The van der Waals surface area contributed by atoms with E-state index in [4.69, 9.17) is 4.98 Å². The summed E-state index contributed by atoms with van der Waals surface area (Å²) in [5.41, 5.74) is 4.71. The number of aromatic nitrogens is 2. The first-order valence-corrected chi connectivity index (χ1v) is 10.2. The third-order valence-corrected chi connectivity index (χ3v) is 6.49. The molecule has 4 rings (SSSR count). The molecule has 5 heteroatoms. The molecule has 132 valence electrons. The maximum Gasteiger partial charge on any atom is 0.237 e. The van der Waals surface area contributed by atoms with Crippen LogP contribution in [0.1, 0.15) is 48.7 Å². The van der Waals surface area contributed by atoms with E-state index in [1.54, 1.807) is 11.8 Å². The van der Waals surface area contributed by atoms with Gasteiger partial charge in [-0.1, -0.05) is 42.8 Å². The molecule has 1 fully saturated rings. The summed E-state index contributed by atoms with van der Waals surface area (Å²) in [6.07, 6.45) is 6.03. The highest BCUT2D eigenvalue weighted by molar-refractivity contribution is 7.99. The zero-order valence-corrected chi connectivity index (χ0v) is 15.8. The number of hydrogen-bond acceptors (Lipinski definition) is 3. The summed E-state index contributed by atoms with van der Waals surface area (Å²) in [5.74, 6) is 0.642. The zero-order valence-electron chi connectivity index (χ0n) is 15.0. The molecule has 1 saturated carbocycles. The Morgan fingerprint density at radius 2 is 2.00 bits per heavy atom. The van der Waals surface area contributed by atoms with Crippen molar-refractivity contribution in [2.75, 3.05) is 17.2 Å². The summed E-state index contributed by atoms with van der Waals surface area (Å²) < 4.78 is 2.39.